The molecule has 0 aliphatic carbocycles. The maximum atomic E-state index is 2.45. The van der Waals surface area contributed by atoms with Gasteiger partial charge in [-0.1, -0.05) is 90.9 Å². The Labute approximate surface area is 164 Å². The van der Waals surface area contributed by atoms with E-state index < -0.39 is 0 Å². The molecule has 0 spiro atoms. The van der Waals surface area contributed by atoms with E-state index >= 15 is 0 Å². The topological polar surface area (TPSA) is 8.81 Å². The maximum Gasteiger partial charge on any atom is 0.253 e. The second kappa shape index (κ2) is 16.4. The summed E-state index contributed by atoms with van der Waals surface area (Å²) in [6.45, 7) is 9.23. The Kier molecular flexibility index (Phi) is 14.7. The summed E-state index contributed by atoms with van der Waals surface area (Å²) in [5.74, 6) is 1.43. The van der Waals surface area contributed by atoms with Gasteiger partial charge in [0.15, 0.2) is 0 Å². The lowest BCUT2D eigenvalue weighted by molar-refractivity contribution is -0.702. The van der Waals surface area contributed by atoms with Gasteiger partial charge in [-0.2, -0.15) is 0 Å². The molecule has 0 N–H and O–H groups in total. The molecule has 0 radical (unpaired) electrons. The first-order valence-corrected chi connectivity index (χ1v) is 11.8. The van der Waals surface area contributed by atoms with E-state index in [1.165, 1.54) is 122 Å². The molecule has 2 heteroatoms. The van der Waals surface area contributed by atoms with Gasteiger partial charge in [0, 0.05) is 6.92 Å². The third kappa shape index (κ3) is 11.0. The average Bonchev–Trinajstić information content (AvgIpc) is 2.99. The molecular formula is C24H47N2+. The second-order valence-electron chi connectivity index (χ2n) is 8.18. The van der Waals surface area contributed by atoms with Crippen molar-refractivity contribution in [2.75, 3.05) is 0 Å². The van der Waals surface area contributed by atoms with E-state index in [0.29, 0.717) is 0 Å². The van der Waals surface area contributed by atoms with Crippen LogP contribution in [-0.2, 0) is 13.1 Å². The van der Waals surface area contributed by atoms with E-state index in [2.05, 4.69) is 42.3 Å². The molecular weight excluding hydrogens is 316 g/mol. The van der Waals surface area contributed by atoms with Crippen LogP contribution in [0.25, 0.3) is 0 Å². The molecule has 1 heterocycles. The quantitative estimate of drug-likeness (QED) is 0.190. The summed E-state index contributed by atoms with van der Waals surface area (Å²) in [6.07, 6.45) is 27.1. The van der Waals surface area contributed by atoms with E-state index in [1.807, 2.05) is 0 Å². The minimum atomic E-state index is 1.19. The second-order valence-corrected chi connectivity index (χ2v) is 8.18. The van der Waals surface area contributed by atoms with Crippen LogP contribution in [0.4, 0.5) is 0 Å². The lowest BCUT2D eigenvalue weighted by Gasteiger charge is -2.03. The van der Waals surface area contributed by atoms with Crippen LogP contribution in [0.15, 0.2) is 12.4 Å². The summed E-state index contributed by atoms with van der Waals surface area (Å²) in [5.41, 5.74) is 0. The summed E-state index contributed by atoms with van der Waals surface area (Å²) in [6, 6.07) is 0. The number of aromatic nitrogens is 2. The van der Waals surface area contributed by atoms with Gasteiger partial charge in [0.2, 0.25) is 0 Å². The van der Waals surface area contributed by atoms with Gasteiger partial charge in [-0.05, 0) is 25.7 Å². The Morgan fingerprint density at radius 3 is 1.65 bits per heavy atom. The summed E-state index contributed by atoms with van der Waals surface area (Å²) >= 11 is 0. The third-order valence-electron chi connectivity index (χ3n) is 5.76. The highest BCUT2D eigenvalue weighted by Crippen LogP contribution is 2.13. The van der Waals surface area contributed by atoms with Gasteiger partial charge in [0.05, 0.1) is 13.1 Å². The summed E-state index contributed by atoms with van der Waals surface area (Å²) in [5, 5.41) is 0. The first-order valence-electron chi connectivity index (χ1n) is 11.8. The predicted molar refractivity (Wildman–Crippen MR) is 115 cm³/mol. The number of aryl methyl sites for hydroxylation is 2. The van der Waals surface area contributed by atoms with Gasteiger partial charge in [-0.25, -0.2) is 9.13 Å². The molecule has 2 nitrogen and oxygen atoms in total. The van der Waals surface area contributed by atoms with Gasteiger partial charge in [-0.15, -0.1) is 0 Å². The van der Waals surface area contributed by atoms with Crippen LogP contribution < -0.4 is 4.57 Å². The van der Waals surface area contributed by atoms with Crippen molar-refractivity contribution in [1.29, 1.82) is 0 Å². The molecule has 1 aromatic heterocycles. The van der Waals surface area contributed by atoms with Crippen LogP contribution in [0, 0.1) is 6.92 Å². The van der Waals surface area contributed by atoms with Crippen molar-refractivity contribution in [3.8, 4) is 0 Å². The minimum Gasteiger partial charge on any atom is -0.234 e. The van der Waals surface area contributed by atoms with Crippen molar-refractivity contribution in [2.45, 2.75) is 137 Å². The molecule has 0 fully saturated rings. The monoisotopic (exact) mass is 363 g/mol. The lowest BCUT2D eigenvalue weighted by atomic mass is 10.0. The molecule has 0 aliphatic heterocycles. The number of imidazole rings is 1. The van der Waals surface area contributed by atoms with Crippen molar-refractivity contribution in [3.05, 3.63) is 18.2 Å². The van der Waals surface area contributed by atoms with Gasteiger partial charge in [0.25, 0.3) is 5.82 Å². The normalized spacial score (nSPS) is 11.3. The molecule has 1 rings (SSSR count). The first-order chi connectivity index (χ1) is 12.8. The van der Waals surface area contributed by atoms with E-state index in [1.54, 1.807) is 0 Å². The zero-order chi connectivity index (χ0) is 18.9. The van der Waals surface area contributed by atoms with Crippen LogP contribution in [0.3, 0.4) is 0 Å². The van der Waals surface area contributed by atoms with E-state index in [9.17, 15) is 0 Å². The Hall–Kier alpha value is -0.790. The SMILES string of the molecule is CCCCCCCCCCCCCCCn1cc[n+](CCCCC)c1C. The fourth-order valence-electron chi connectivity index (χ4n) is 3.85. The number of hydrogen-bond acceptors (Lipinski definition) is 0. The first kappa shape index (κ1) is 23.2. The molecule has 26 heavy (non-hydrogen) atoms. The largest absolute Gasteiger partial charge is 0.253 e. The molecule has 152 valence electrons. The van der Waals surface area contributed by atoms with Gasteiger partial charge in [0.1, 0.15) is 12.4 Å². The number of rotatable bonds is 18. The Bertz CT molecular complexity index is 422. The molecule has 0 bridgehead atoms. The summed E-state index contributed by atoms with van der Waals surface area (Å²) in [4.78, 5) is 0. The minimum absolute atomic E-state index is 1.19. The molecule has 0 atom stereocenters. The molecule has 0 unspecified atom stereocenters. The molecule has 0 amide bonds. The number of nitrogens with zero attached hydrogens (tertiary/aromatic N) is 2. The van der Waals surface area contributed by atoms with Gasteiger partial charge < -0.3 is 0 Å². The third-order valence-corrected chi connectivity index (χ3v) is 5.76. The van der Waals surface area contributed by atoms with E-state index in [-0.39, 0.29) is 0 Å². The van der Waals surface area contributed by atoms with E-state index in [4.69, 9.17) is 0 Å². The molecule has 1 aromatic rings. The lowest BCUT2D eigenvalue weighted by Crippen LogP contribution is -2.35. The average molecular weight is 364 g/mol. The van der Waals surface area contributed by atoms with Crippen molar-refractivity contribution in [2.24, 2.45) is 0 Å². The molecule has 0 saturated heterocycles. The van der Waals surface area contributed by atoms with Crippen LogP contribution in [0.5, 0.6) is 0 Å². The van der Waals surface area contributed by atoms with Gasteiger partial charge >= 0.3 is 0 Å². The highest BCUT2D eigenvalue weighted by atomic mass is 15.1. The van der Waals surface area contributed by atoms with Crippen molar-refractivity contribution >= 4 is 0 Å². The number of unbranched alkanes of at least 4 members (excludes halogenated alkanes) is 14. The zero-order valence-electron chi connectivity index (χ0n) is 18.3. The Morgan fingerprint density at radius 2 is 1.12 bits per heavy atom. The Balaban J connectivity index is 1.93. The van der Waals surface area contributed by atoms with Crippen LogP contribution in [0.1, 0.15) is 122 Å². The van der Waals surface area contributed by atoms with Crippen molar-refractivity contribution in [1.82, 2.24) is 4.57 Å². The van der Waals surface area contributed by atoms with Crippen molar-refractivity contribution in [3.63, 3.8) is 0 Å². The summed E-state index contributed by atoms with van der Waals surface area (Å²) in [7, 11) is 0. The van der Waals surface area contributed by atoms with Crippen LogP contribution >= 0.6 is 0 Å². The van der Waals surface area contributed by atoms with Crippen LogP contribution in [-0.4, -0.2) is 4.57 Å². The zero-order valence-corrected chi connectivity index (χ0v) is 18.3. The summed E-state index contributed by atoms with van der Waals surface area (Å²) < 4.78 is 4.88. The van der Waals surface area contributed by atoms with Crippen LogP contribution in [0.2, 0.25) is 0 Å². The fourth-order valence-corrected chi connectivity index (χ4v) is 3.85. The molecule has 0 saturated carbocycles. The maximum absolute atomic E-state index is 2.45. The molecule has 0 aliphatic rings. The standard InChI is InChI=1S/C24H47N2/c1-4-6-8-9-10-11-12-13-14-15-16-17-19-21-26-23-22-25(24(26)3)20-18-7-5-2/h22-23H,4-21H2,1-3H3/q+1. The van der Waals surface area contributed by atoms with Crippen molar-refractivity contribution < 1.29 is 4.57 Å². The number of hydrogen-bond donors (Lipinski definition) is 0. The fraction of sp³-hybridized carbons (Fsp3) is 0.875. The predicted octanol–water partition coefficient (Wildman–Crippen LogP) is 7.37. The highest BCUT2D eigenvalue weighted by molar-refractivity contribution is 4.79. The smallest absolute Gasteiger partial charge is 0.234 e. The highest BCUT2D eigenvalue weighted by Gasteiger charge is 2.10. The van der Waals surface area contributed by atoms with Gasteiger partial charge in [-0.3, -0.25) is 0 Å². The Morgan fingerprint density at radius 1 is 0.654 bits per heavy atom. The molecule has 0 aromatic carbocycles. The van der Waals surface area contributed by atoms with E-state index in [0.717, 1.165) is 0 Å².